The van der Waals surface area contributed by atoms with E-state index >= 15 is 0 Å². The molecule has 0 aromatic carbocycles. The van der Waals surface area contributed by atoms with Gasteiger partial charge in [0, 0.05) is 6.42 Å². The first kappa shape index (κ1) is 31.0. The summed E-state index contributed by atoms with van der Waals surface area (Å²) in [6.07, 6.45) is 6.32. The van der Waals surface area contributed by atoms with E-state index in [9.17, 15) is 41.0 Å². The van der Waals surface area contributed by atoms with Crippen LogP contribution >= 0.6 is 0 Å². The predicted molar refractivity (Wildman–Crippen MR) is 133 cm³/mol. The van der Waals surface area contributed by atoms with Crippen LogP contribution in [0.25, 0.3) is 0 Å². The molecule has 0 aliphatic heterocycles. The highest BCUT2D eigenvalue weighted by atomic mass is 32.2. The van der Waals surface area contributed by atoms with Crippen molar-refractivity contribution in [2.45, 2.75) is 108 Å². The van der Waals surface area contributed by atoms with E-state index in [1.54, 1.807) is 0 Å². The van der Waals surface area contributed by atoms with Crippen molar-refractivity contribution < 1.29 is 50.3 Å². The zero-order valence-electron chi connectivity index (χ0n) is 22.8. The van der Waals surface area contributed by atoms with Crippen molar-refractivity contribution in [1.82, 2.24) is 0 Å². The van der Waals surface area contributed by atoms with E-state index in [4.69, 9.17) is 4.55 Å². The molecule has 0 spiro atoms. The summed E-state index contributed by atoms with van der Waals surface area (Å²) < 4.78 is 87.9. The molecule has 0 radical (unpaired) electrons. The summed E-state index contributed by atoms with van der Waals surface area (Å²) in [6.45, 7) is 4.42. The van der Waals surface area contributed by atoms with Crippen LogP contribution in [0, 0.1) is 46.3 Å². The number of aliphatic hydroxyl groups is 2. The molecule has 4 saturated carbocycles. The number of hydrogen-bond acceptors (Lipinski definition) is 6. The Morgan fingerprint density at radius 3 is 2.26 bits per heavy atom. The van der Waals surface area contributed by atoms with Crippen LogP contribution in [0.1, 0.15) is 85.0 Å². The maximum Gasteiger partial charge on any atom is 0.435 e. The highest BCUT2D eigenvalue weighted by molar-refractivity contribution is 7.87. The van der Waals surface area contributed by atoms with E-state index in [2.05, 4.69) is 18.6 Å². The van der Waals surface area contributed by atoms with Gasteiger partial charge >= 0.3 is 27.3 Å². The van der Waals surface area contributed by atoms with Crippen LogP contribution < -0.4 is 0 Å². The predicted octanol–water partition coefficient (Wildman–Crippen LogP) is 5.05. The lowest BCUT2D eigenvalue weighted by Crippen LogP contribution is -2.58. The van der Waals surface area contributed by atoms with Gasteiger partial charge in [-0.3, -0.25) is 9.35 Å². The summed E-state index contributed by atoms with van der Waals surface area (Å²) >= 11 is 0. The first-order valence-electron chi connectivity index (χ1n) is 14.1. The van der Waals surface area contributed by atoms with Crippen molar-refractivity contribution in [2.24, 2.45) is 46.3 Å². The normalized spacial score (nSPS) is 41.7. The first-order chi connectivity index (χ1) is 17.8. The molecule has 10 atom stereocenters. The van der Waals surface area contributed by atoms with Crippen LogP contribution in [0.3, 0.4) is 0 Å². The number of alkyl halides is 4. The van der Waals surface area contributed by atoms with E-state index in [0.29, 0.717) is 30.6 Å². The molecule has 0 bridgehead atoms. The third-order valence-electron chi connectivity index (χ3n) is 11.4. The number of carbonyl (C=O) groups is 1. The van der Waals surface area contributed by atoms with Crippen LogP contribution in [0.4, 0.5) is 17.6 Å². The lowest BCUT2D eigenvalue weighted by atomic mass is 9.43. The highest BCUT2D eigenvalue weighted by Gasteiger charge is 2.66. The summed E-state index contributed by atoms with van der Waals surface area (Å²) in [5.41, 5.74) is 0.0412. The van der Waals surface area contributed by atoms with Gasteiger partial charge in [-0.05, 0) is 104 Å². The van der Waals surface area contributed by atoms with Crippen LogP contribution in [0.2, 0.25) is 0 Å². The number of hydrogen-bond donors (Lipinski definition) is 3. The highest BCUT2D eigenvalue weighted by Crippen LogP contribution is 2.68. The minimum atomic E-state index is -6.39. The third-order valence-corrected chi connectivity index (χ3v) is 12.3. The van der Waals surface area contributed by atoms with E-state index in [1.807, 2.05) is 6.92 Å². The fourth-order valence-corrected chi connectivity index (χ4v) is 9.67. The average molecular weight is 587 g/mol. The second-order valence-electron chi connectivity index (χ2n) is 13.3. The fraction of sp³-hybridized carbons (Fsp3) is 0.963. The van der Waals surface area contributed by atoms with Gasteiger partial charge in [-0.1, -0.05) is 20.8 Å². The summed E-state index contributed by atoms with van der Waals surface area (Å²) in [7, 11) is -6.39. The van der Waals surface area contributed by atoms with E-state index in [-0.39, 0.29) is 41.1 Å². The second kappa shape index (κ2) is 10.4. The largest absolute Gasteiger partial charge is 0.459 e. The molecule has 39 heavy (non-hydrogen) atoms. The molecule has 4 aliphatic rings. The number of aliphatic hydroxyl groups excluding tert-OH is 2. The molecule has 12 heteroatoms. The summed E-state index contributed by atoms with van der Waals surface area (Å²) in [4.78, 5) is 12.1. The quantitative estimate of drug-likeness (QED) is 0.207. The molecule has 0 saturated heterocycles. The van der Waals surface area contributed by atoms with Gasteiger partial charge in [-0.25, -0.2) is 0 Å². The van der Waals surface area contributed by atoms with Crippen molar-refractivity contribution in [3.63, 3.8) is 0 Å². The van der Waals surface area contributed by atoms with Gasteiger partial charge < -0.3 is 14.9 Å². The molecule has 0 aromatic rings. The average Bonchev–Trinajstić information content (AvgIpc) is 3.18. The minimum Gasteiger partial charge on any atom is -0.459 e. The molecule has 7 nitrogen and oxygen atoms in total. The summed E-state index contributed by atoms with van der Waals surface area (Å²) in [6, 6.07) is 0. The van der Waals surface area contributed by atoms with Gasteiger partial charge in [-0.15, -0.1) is 0 Å². The SMILES string of the molecule is C[C@H](CCC(=O)OCC(F)(F)C(F)(F)S(=O)(=O)O)[C@H]1CC[C@H]2[C@@H]3[C@@H](O)C[C@@H]4C[C@H](O)CC[C@]4(C)[C@H]3CC[C@]12C. The molecule has 4 aliphatic carbocycles. The minimum absolute atomic E-state index is 0.0118. The second-order valence-corrected chi connectivity index (χ2v) is 14.8. The Hall–Kier alpha value is -0.980. The summed E-state index contributed by atoms with van der Waals surface area (Å²) in [5.74, 6) is -4.98. The van der Waals surface area contributed by atoms with Gasteiger partial charge in [0.05, 0.1) is 12.2 Å². The molecule has 0 unspecified atom stereocenters. The number of rotatable bonds is 8. The van der Waals surface area contributed by atoms with E-state index in [0.717, 1.165) is 44.9 Å². The Morgan fingerprint density at radius 2 is 1.62 bits per heavy atom. The standard InChI is InChI=1S/C27H42F4O7S/c1-15(4-7-22(34)38-14-26(28,29)27(30,31)39(35,36)37)18-5-6-19-23-20(9-11-25(18,19)3)24(2)10-8-17(32)12-16(24)13-21(23)33/h15-21,23,32-33H,4-14H2,1-3H3,(H,35,36,37)/t15-,16+,17-,18-,19+,20+,21+,23+,24+,25-/m1/s1. The van der Waals surface area contributed by atoms with Gasteiger partial charge in [0.15, 0.2) is 6.61 Å². The van der Waals surface area contributed by atoms with E-state index in [1.165, 1.54) is 0 Å². The third kappa shape index (κ3) is 5.25. The van der Waals surface area contributed by atoms with Crippen molar-refractivity contribution in [3.05, 3.63) is 0 Å². The van der Waals surface area contributed by atoms with Crippen LogP contribution in [0.15, 0.2) is 0 Å². The van der Waals surface area contributed by atoms with Crippen molar-refractivity contribution in [1.29, 1.82) is 0 Å². The molecule has 0 aromatic heterocycles. The topological polar surface area (TPSA) is 121 Å². The number of esters is 1. The maximum atomic E-state index is 13.7. The molecule has 3 N–H and O–H groups in total. The Labute approximate surface area is 227 Å². The molecule has 226 valence electrons. The Bertz CT molecular complexity index is 1040. The monoisotopic (exact) mass is 586 g/mol. The Kier molecular flexibility index (Phi) is 8.24. The molecular weight excluding hydrogens is 544 g/mol. The lowest BCUT2D eigenvalue weighted by molar-refractivity contribution is -0.196. The van der Waals surface area contributed by atoms with Gasteiger partial charge in [0.1, 0.15) is 0 Å². The number of halogens is 4. The molecular formula is C27H42F4O7S. The number of fused-ring (bicyclic) bond motifs is 5. The Morgan fingerprint density at radius 1 is 1.00 bits per heavy atom. The smallest absolute Gasteiger partial charge is 0.435 e. The molecule has 0 amide bonds. The van der Waals surface area contributed by atoms with Gasteiger partial charge in [0.2, 0.25) is 0 Å². The Balaban J connectivity index is 1.37. The van der Waals surface area contributed by atoms with Crippen LogP contribution in [-0.2, 0) is 19.6 Å². The van der Waals surface area contributed by atoms with Crippen molar-refractivity contribution >= 4 is 16.1 Å². The molecule has 0 heterocycles. The fourth-order valence-electron chi connectivity index (χ4n) is 9.24. The zero-order chi connectivity index (χ0) is 29.2. The van der Waals surface area contributed by atoms with Gasteiger partial charge in [-0.2, -0.15) is 26.0 Å². The molecule has 4 rings (SSSR count). The lowest BCUT2D eigenvalue weighted by Gasteiger charge is -2.62. The van der Waals surface area contributed by atoms with Gasteiger partial charge in [0.25, 0.3) is 0 Å². The van der Waals surface area contributed by atoms with Crippen LogP contribution in [-0.4, -0.2) is 59.1 Å². The number of carbonyl (C=O) groups excluding carboxylic acids is 1. The zero-order valence-corrected chi connectivity index (χ0v) is 23.6. The van der Waals surface area contributed by atoms with Crippen molar-refractivity contribution in [2.75, 3.05) is 6.61 Å². The van der Waals surface area contributed by atoms with E-state index < -0.39 is 40.0 Å². The first-order valence-corrected chi connectivity index (χ1v) is 15.5. The van der Waals surface area contributed by atoms with Crippen molar-refractivity contribution in [3.8, 4) is 0 Å². The number of ether oxygens (including phenoxy) is 1. The van der Waals surface area contributed by atoms with Crippen LogP contribution in [0.5, 0.6) is 0 Å². The maximum absolute atomic E-state index is 13.7. The molecule has 4 fully saturated rings. The summed E-state index contributed by atoms with van der Waals surface area (Å²) in [5, 5.41) is 15.8.